The van der Waals surface area contributed by atoms with Gasteiger partial charge < -0.3 is 0 Å². The summed E-state index contributed by atoms with van der Waals surface area (Å²) in [5, 5.41) is 7.06. The zero-order chi connectivity index (χ0) is 5.21. The first-order valence-electron chi connectivity index (χ1n) is 0.865. The van der Waals surface area contributed by atoms with Crippen LogP contribution in [0.4, 0.5) is 0 Å². The van der Waals surface area contributed by atoms with E-state index in [1.54, 1.807) is 0 Å². The Morgan fingerprint density at radius 3 is 1.57 bits per heavy atom. The molecule has 0 unspecified atom stereocenters. The van der Waals surface area contributed by atoms with E-state index in [2.05, 4.69) is 4.33 Å². The Morgan fingerprint density at radius 2 is 1.57 bits per heavy atom. The quantitative estimate of drug-likeness (QED) is 0.304. The van der Waals surface area contributed by atoms with E-state index in [1.807, 2.05) is 0 Å². The van der Waals surface area contributed by atoms with E-state index in [4.69, 9.17) is 18.2 Å². The van der Waals surface area contributed by atoms with Crippen molar-refractivity contribution in [3.05, 3.63) is 0 Å². The minimum atomic E-state index is -4.61. The molecule has 0 spiro atoms. The van der Waals surface area contributed by atoms with Crippen LogP contribution in [-0.2, 0) is 33.3 Å². The molecule has 0 aromatic rings. The first kappa shape index (κ1) is 10.4. The maximum atomic E-state index is 9.08. The van der Waals surface area contributed by atoms with Gasteiger partial charge in [0.15, 0.2) is 0 Å². The molecule has 0 fully saturated rings. The largest absolute Gasteiger partial charge is 0.423 e. The Labute approximate surface area is 52.1 Å². The maximum absolute atomic E-state index is 9.08. The Bertz CT molecular complexity index is 110. The van der Waals surface area contributed by atoms with Gasteiger partial charge in [-0.05, 0) is 0 Å². The van der Waals surface area contributed by atoms with Gasteiger partial charge >= 0.3 is 10.4 Å². The fourth-order valence-electron chi connectivity index (χ4n) is 0. The molecule has 0 aliphatic heterocycles. The van der Waals surface area contributed by atoms with Crippen molar-refractivity contribution in [2.45, 2.75) is 0 Å². The van der Waals surface area contributed by atoms with Crippen molar-refractivity contribution < 1.29 is 41.1 Å². The van der Waals surface area contributed by atoms with Crippen molar-refractivity contribution in [3.8, 4) is 0 Å². The molecular formula is H2O5SV. The van der Waals surface area contributed by atoms with Gasteiger partial charge in [0, 0.05) is 18.6 Å². The Kier molecular flexibility index (Phi) is 5.09. The third kappa shape index (κ3) is 10.7. The van der Waals surface area contributed by atoms with Gasteiger partial charge in [0.25, 0.3) is 0 Å². The molecule has 1 radical (unpaired) electrons. The van der Waals surface area contributed by atoms with Crippen LogP contribution >= 0.6 is 0 Å². The Hall–Kier alpha value is 0.414. The number of hydrogen-bond acceptors (Lipinski definition) is 4. The van der Waals surface area contributed by atoms with Gasteiger partial charge in [0.2, 0.25) is 0 Å². The zero-order valence-electron chi connectivity index (χ0n) is 2.97. The van der Waals surface area contributed by atoms with Crippen molar-refractivity contribution >= 4 is 10.4 Å². The van der Waals surface area contributed by atoms with Crippen LogP contribution < -0.4 is 0 Å². The molecule has 0 saturated heterocycles. The SMILES string of the molecule is O=S(=O)(O)OO.[V]. The molecular weight excluding hydrogens is 163 g/mol. The van der Waals surface area contributed by atoms with Crippen molar-refractivity contribution in [1.29, 1.82) is 0 Å². The molecule has 7 heavy (non-hydrogen) atoms. The van der Waals surface area contributed by atoms with E-state index in [1.165, 1.54) is 0 Å². The molecule has 0 aromatic heterocycles. The smallest absolute Gasteiger partial charge is 0.262 e. The molecule has 0 heterocycles. The van der Waals surface area contributed by atoms with Crippen molar-refractivity contribution in [2.75, 3.05) is 0 Å². The maximum Gasteiger partial charge on any atom is 0.423 e. The fourth-order valence-corrected chi connectivity index (χ4v) is 0. The van der Waals surface area contributed by atoms with Crippen molar-refractivity contribution in [2.24, 2.45) is 0 Å². The molecule has 43 valence electrons. The van der Waals surface area contributed by atoms with Crippen LogP contribution in [0.5, 0.6) is 0 Å². The molecule has 0 aromatic carbocycles. The summed E-state index contributed by atoms with van der Waals surface area (Å²) in [7, 11) is -4.61. The van der Waals surface area contributed by atoms with Gasteiger partial charge in [-0.3, -0.25) is 4.55 Å². The molecule has 0 aliphatic carbocycles. The molecule has 0 atom stereocenters. The fraction of sp³-hybridized carbons (Fsp3) is 0. The van der Waals surface area contributed by atoms with Crippen molar-refractivity contribution in [1.82, 2.24) is 0 Å². The van der Waals surface area contributed by atoms with Crippen LogP contribution in [0.15, 0.2) is 0 Å². The van der Waals surface area contributed by atoms with Crippen LogP contribution in [0.2, 0.25) is 0 Å². The summed E-state index contributed by atoms with van der Waals surface area (Å²) >= 11 is 0. The number of hydrogen-bond donors (Lipinski definition) is 2. The first-order valence-corrected chi connectivity index (χ1v) is 2.23. The Balaban J connectivity index is 0. The molecule has 7 heteroatoms. The second kappa shape index (κ2) is 3.42. The van der Waals surface area contributed by atoms with Gasteiger partial charge in [0.1, 0.15) is 0 Å². The second-order valence-corrected chi connectivity index (χ2v) is 1.51. The van der Waals surface area contributed by atoms with E-state index in [-0.39, 0.29) is 18.6 Å². The van der Waals surface area contributed by atoms with E-state index in [0.717, 1.165) is 0 Å². The molecule has 0 bridgehead atoms. The normalized spacial score (nSPS) is 10.0. The zero-order valence-corrected chi connectivity index (χ0v) is 5.19. The minimum absolute atomic E-state index is 0. The molecule has 0 saturated carbocycles. The predicted octanol–water partition coefficient (Wildman–Crippen LogP) is -0.724. The molecule has 0 aliphatic rings. The van der Waals surface area contributed by atoms with Gasteiger partial charge in [-0.2, -0.15) is 8.42 Å². The van der Waals surface area contributed by atoms with Crippen LogP contribution in [0, 0.1) is 0 Å². The summed E-state index contributed by atoms with van der Waals surface area (Å²) in [4.78, 5) is 0. The standard InChI is InChI=1S/H2O5S.V/c1-5-6(2,3)4;/h1H,(H,2,3,4);. The monoisotopic (exact) mass is 165 g/mol. The molecule has 0 amide bonds. The van der Waals surface area contributed by atoms with Gasteiger partial charge in [-0.1, -0.05) is 4.33 Å². The molecule has 5 nitrogen and oxygen atoms in total. The Morgan fingerprint density at radius 1 is 1.43 bits per heavy atom. The van der Waals surface area contributed by atoms with Gasteiger partial charge in [-0.25, -0.2) is 5.26 Å². The topological polar surface area (TPSA) is 83.8 Å². The number of rotatable bonds is 1. The van der Waals surface area contributed by atoms with Gasteiger partial charge in [-0.15, -0.1) is 0 Å². The summed E-state index contributed by atoms with van der Waals surface area (Å²) in [6, 6.07) is 0. The van der Waals surface area contributed by atoms with Crippen LogP contribution in [-0.4, -0.2) is 18.2 Å². The summed E-state index contributed by atoms with van der Waals surface area (Å²) in [6.07, 6.45) is 0. The summed E-state index contributed by atoms with van der Waals surface area (Å²) in [6.45, 7) is 0. The van der Waals surface area contributed by atoms with Gasteiger partial charge in [0.05, 0.1) is 0 Å². The minimum Gasteiger partial charge on any atom is -0.262 e. The van der Waals surface area contributed by atoms with E-state index >= 15 is 0 Å². The second-order valence-electron chi connectivity index (χ2n) is 0.502. The van der Waals surface area contributed by atoms with E-state index in [0.29, 0.717) is 0 Å². The predicted molar refractivity (Wildman–Crippen MR) is 15.3 cm³/mol. The first-order chi connectivity index (χ1) is 2.56. The van der Waals surface area contributed by atoms with Crippen LogP contribution in [0.25, 0.3) is 0 Å². The average molecular weight is 165 g/mol. The molecule has 0 rings (SSSR count). The van der Waals surface area contributed by atoms with Crippen LogP contribution in [0.1, 0.15) is 0 Å². The third-order valence-electron chi connectivity index (χ3n) is 0.0942. The summed E-state index contributed by atoms with van der Waals surface area (Å²) in [5.41, 5.74) is 0. The van der Waals surface area contributed by atoms with E-state index in [9.17, 15) is 0 Å². The summed E-state index contributed by atoms with van der Waals surface area (Å²) < 4.78 is 28.0. The van der Waals surface area contributed by atoms with E-state index < -0.39 is 10.4 Å². The van der Waals surface area contributed by atoms with Crippen LogP contribution in [0.3, 0.4) is 0 Å². The third-order valence-corrected chi connectivity index (χ3v) is 0.283. The molecule has 2 N–H and O–H groups in total. The average Bonchev–Trinajstić information content (AvgIpc) is 1.35. The van der Waals surface area contributed by atoms with Crippen molar-refractivity contribution in [3.63, 3.8) is 0 Å². The summed E-state index contributed by atoms with van der Waals surface area (Å²) in [5.74, 6) is 0.